The van der Waals surface area contributed by atoms with E-state index >= 15 is 0 Å². The minimum absolute atomic E-state index is 0.589. The quantitative estimate of drug-likeness (QED) is 0.848. The third-order valence-electron chi connectivity index (χ3n) is 3.92. The van der Waals surface area contributed by atoms with E-state index in [2.05, 4.69) is 61.3 Å². The van der Waals surface area contributed by atoms with Crippen LogP contribution in [0.4, 0.5) is 5.69 Å². The third-order valence-corrected chi connectivity index (χ3v) is 3.92. The van der Waals surface area contributed by atoms with Crippen LogP contribution < -0.4 is 5.32 Å². The third kappa shape index (κ3) is 3.71. The summed E-state index contributed by atoms with van der Waals surface area (Å²) < 4.78 is 0. The molecule has 106 valence electrons. The Bertz CT molecular complexity index is 414. The molecule has 2 rings (SSSR count). The molecular weight excluding hydrogens is 234 g/mol. The summed E-state index contributed by atoms with van der Waals surface area (Å²) in [6.07, 6.45) is 1.17. The first-order valence-corrected chi connectivity index (χ1v) is 7.34. The lowest BCUT2D eigenvalue weighted by Crippen LogP contribution is -2.39. The molecule has 1 unspecified atom stereocenters. The van der Waals surface area contributed by atoms with Crippen molar-refractivity contribution >= 4 is 5.69 Å². The molecule has 0 spiro atoms. The number of nitrogens with zero attached hydrogens (tertiary/aromatic N) is 2. The zero-order valence-electron chi connectivity index (χ0n) is 12.7. The van der Waals surface area contributed by atoms with E-state index in [9.17, 15) is 0 Å². The van der Waals surface area contributed by atoms with Gasteiger partial charge in [-0.3, -0.25) is 4.90 Å². The van der Waals surface area contributed by atoms with Gasteiger partial charge in [-0.25, -0.2) is 0 Å². The largest absolute Gasteiger partial charge is 0.384 e. The number of hydrogen-bond donors (Lipinski definition) is 1. The number of fused-ring (bicyclic) bond motifs is 1. The van der Waals surface area contributed by atoms with Crippen LogP contribution >= 0.6 is 0 Å². The highest BCUT2D eigenvalue weighted by molar-refractivity contribution is 5.56. The van der Waals surface area contributed by atoms with E-state index < -0.39 is 0 Å². The molecule has 3 nitrogen and oxygen atoms in total. The molecular formula is C16H27N3. The van der Waals surface area contributed by atoms with E-state index in [-0.39, 0.29) is 0 Å². The molecule has 3 heteroatoms. The summed E-state index contributed by atoms with van der Waals surface area (Å²) in [5.74, 6) is 0. The Morgan fingerprint density at radius 3 is 2.79 bits per heavy atom. The van der Waals surface area contributed by atoms with E-state index in [1.165, 1.54) is 23.2 Å². The number of benzene rings is 1. The van der Waals surface area contributed by atoms with E-state index in [4.69, 9.17) is 0 Å². The van der Waals surface area contributed by atoms with Gasteiger partial charge in [0, 0.05) is 31.4 Å². The molecule has 1 aliphatic rings. The first-order valence-electron chi connectivity index (χ1n) is 7.34. The van der Waals surface area contributed by atoms with Gasteiger partial charge in [-0.05, 0) is 51.2 Å². The van der Waals surface area contributed by atoms with Crippen LogP contribution in [0.1, 0.15) is 25.0 Å². The van der Waals surface area contributed by atoms with Crippen LogP contribution in [0.25, 0.3) is 0 Å². The van der Waals surface area contributed by atoms with Crippen molar-refractivity contribution in [3.05, 3.63) is 29.3 Å². The second-order valence-electron chi connectivity index (χ2n) is 5.84. The highest BCUT2D eigenvalue weighted by atomic mass is 15.2. The van der Waals surface area contributed by atoms with Gasteiger partial charge < -0.3 is 10.2 Å². The lowest BCUT2D eigenvalue weighted by molar-refractivity contribution is 0.174. The van der Waals surface area contributed by atoms with Crippen molar-refractivity contribution in [1.29, 1.82) is 0 Å². The van der Waals surface area contributed by atoms with E-state index in [1.54, 1.807) is 0 Å². The molecule has 0 saturated heterocycles. The minimum Gasteiger partial charge on any atom is -0.384 e. The summed E-state index contributed by atoms with van der Waals surface area (Å²) >= 11 is 0. The highest BCUT2D eigenvalue weighted by Crippen LogP contribution is 2.23. The number of anilines is 1. The topological polar surface area (TPSA) is 18.5 Å². The first kappa shape index (κ1) is 14.4. The fourth-order valence-electron chi connectivity index (χ4n) is 2.91. The van der Waals surface area contributed by atoms with Crippen molar-refractivity contribution < 1.29 is 0 Å². The van der Waals surface area contributed by atoms with Crippen LogP contribution in [-0.2, 0) is 13.0 Å². The Morgan fingerprint density at radius 2 is 2.11 bits per heavy atom. The number of likely N-dealkylation sites (N-methyl/N-ethyl adjacent to an activating group) is 2. The standard InChI is InChI=1S/C16H27N3/c1-5-19(13(2)11-18(3)4)12-14-6-7-16-15(10-14)8-9-17-16/h6-7,10,13,17H,5,8-9,11-12H2,1-4H3. The predicted octanol–water partition coefficient (Wildman–Crippen LogP) is 2.43. The zero-order valence-corrected chi connectivity index (χ0v) is 12.7. The van der Waals surface area contributed by atoms with Crippen molar-refractivity contribution in [3.8, 4) is 0 Å². The molecule has 0 radical (unpaired) electrons. The Kier molecular flexibility index (Phi) is 4.83. The van der Waals surface area contributed by atoms with E-state index in [0.717, 1.165) is 26.2 Å². The second kappa shape index (κ2) is 6.40. The molecule has 0 saturated carbocycles. The Labute approximate surface area is 117 Å². The van der Waals surface area contributed by atoms with Crippen LogP contribution in [-0.4, -0.2) is 49.6 Å². The highest BCUT2D eigenvalue weighted by Gasteiger charge is 2.15. The molecule has 1 atom stereocenters. The second-order valence-corrected chi connectivity index (χ2v) is 5.84. The summed E-state index contributed by atoms with van der Waals surface area (Å²) in [6, 6.07) is 7.47. The fourth-order valence-corrected chi connectivity index (χ4v) is 2.91. The van der Waals surface area contributed by atoms with E-state index in [1.807, 2.05) is 0 Å². The summed E-state index contributed by atoms with van der Waals surface area (Å²) in [7, 11) is 4.29. The summed E-state index contributed by atoms with van der Waals surface area (Å²) in [5, 5.41) is 3.42. The number of rotatable bonds is 6. The van der Waals surface area contributed by atoms with Crippen LogP contribution in [0.3, 0.4) is 0 Å². The van der Waals surface area contributed by atoms with Crippen LogP contribution in [0.15, 0.2) is 18.2 Å². The summed E-state index contributed by atoms with van der Waals surface area (Å²) in [4.78, 5) is 4.81. The molecule has 0 aromatic heterocycles. The molecule has 1 aliphatic heterocycles. The van der Waals surface area contributed by atoms with Crippen molar-refractivity contribution in [2.75, 3.05) is 39.0 Å². The predicted molar refractivity (Wildman–Crippen MR) is 82.7 cm³/mol. The maximum atomic E-state index is 3.42. The SMILES string of the molecule is CCN(Cc1ccc2c(c1)CCN2)C(C)CN(C)C. The molecule has 0 bridgehead atoms. The average molecular weight is 261 g/mol. The van der Waals surface area contributed by atoms with Gasteiger partial charge in [0.15, 0.2) is 0 Å². The zero-order chi connectivity index (χ0) is 13.8. The molecule has 1 heterocycles. The smallest absolute Gasteiger partial charge is 0.0373 e. The average Bonchev–Trinajstić information content (AvgIpc) is 2.82. The number of nitrogens with one attached hydrogen (secondary N) is 1. The van der Waals surface area contributed by atoms with Gasteiger partial charge in [0.25, 0.3) is 0 Å². The molecule has 0 amide bonds. The normalized spacial score (nSPS) is 15.7. The number of hydrogen-bond acceptors (Lipinski definition) is 3. The lowest BCUT2D eigenvalue weighted by Gasteiger charge is -2.30. The molecule has 1 N–H and O–H groups in total. The fraction of sp³-hybridized carbons (Fsp3) is 0.625. The van der Waals surface area contributed by atoms with Crippen molar-refractivity contribution in [2.45, 2.75) is 32.9 Å². The molecule has 1 aromatic rings. The van der Waals surface area contributed by atoms with Gasteiger partial charge in [0.05, 0.1) is 0 Å². The van der Waals surface area contributed by atoms with Gasteiger partial charge >= 0.3 is 0 Å². The first-order chi connectivity index (χ1) is 9.10. The Morgan fingerprint density at radius 1 is 1.32 bits per heavy atom. The molecule has 0 aliphatic carbocycles. The van der Waals surface area contributed by atoms with Gasteiger partial charge in [-0.15, -0.1) is 0 Å². The van der Waals surface area contributed by atoms with Gasteiger partial charge in [-0.1, -0.05) is 19.1 Å². The van der Waals surface area contributed by atoms with Crippen molar-refractivity contribution in [1.82, 2.24) is 9.80 Å². The monoisotopic (exact) mass is 261 g/mol. The van der Waals surface area contributed by atoms with Crippen LogP contribution in [0.2, 0.25) is 0 Å². The molecule has 0 fully saturated rings. The van der Waals surface area contributed by atoms with Gasteiger partial charge in [0.1, 0.15) is 0 Å². The van der Waals surface area contributed by atoms with Crippen molar-refractivity contribution in [2.24, 2.45) is 0 Å². The van der Waals surface area contributed by atoms with Crippen molar-refractivity contribution in [3.63, 3.8) is 0 Å². The maximum Gasteiger partial charge on any atom is 0.0373 e. The maximum absolute atomic E-state index is 3.42. The van der Waals surface area contributed by atoms with E-state index in [0.29, 0.717) is 6.04 Å². The van der Waals surface area contributed by atoms with Gasteiger partial charge in [-0.2, -0.15) is 0 Å². The minimum atomic E-state index is 0.589. The summed E-state index contributed by atoms with van der Waals surface area (Å²) in [6.45, 7) is 8.93. The lowest BCUT2D eigenvalue weighted by atomic mass is 10.1. The Hall–Kier alpha value is -1.06. The van der Waals surface area contributed by atoms with Crippen LogP contribution in [0.5, 0.6) is 0 Å². The molecule has 1 aromatic carbocycles. The van der Waals surface area contributed by atoms with Crippen LogP contribution in [0, 0.1) is 0 Å². The summed E-state index contributed by atoms with van der Waals surface area (Å²) in [5.41, 5.74) is 4.25. The Balaban J connectivity index is 2.01. The molecule has 19 heavy (non-hydrogen) atoms. The van der Waals surface area contributed by atoms with Gasteiger partial charge in [0.2, 0.25) is 0 Å².